The zero-order valence-corrected chi connectivity index (χ0v) is 6.27. The molecule has 2 aromatic heterocycles. The second-order valence-corrected chi connectivity index (χ2v) is 2.26. The van der Waals surface area contributed by atoms with Crippen LogP contribution in [0.1, 0.15) is 11.5 Å². The number of aromatic amines is 1. The molecule has 0 aromatic carbocycles. The Morgan fingerprint density at radius 3 is 3.08 bits per heavy atom. The standard InChI is InChI=1S/C8H7N3O/c1(7-5-9-6-10-7)2-8-3-4-11-12-8/h1-6H,(H,9,10)/b2-1+. The van der Waals surface area contributed by atoms with Crippen LogP contribution in [0.25, 0.3) is 12.2 Å². The first-order chi connectivity index (χ1) is 5.95. The van der Waals surface area contributed by atoms with Gasteiger partial charge < -0.3 is 9.51 Å². The molecule has 0 amide bonds. The Morgan fingerprint density at radius 1 is 1.42 bits per heavy atom. The Hall–Kier alpha value is -1.84. The van der Waals surface area contributed by atoms with E-state index in [0.717, 1.165) is 11.5 Å². The Balaban J connectivity index is 2.14. The van der Waals surface area contributed by atoms with Crippen molar-refractivity contribution in [3.8, 4) is 0 Å². The summed E-state index contributed by atoms with van der Waals surface area (Å²) in [6.45, 7) is 0. The zero-order chi connectivity index (χ0) is 8.23. The predicted octanol–water partition coefficient (Wildman–Crippen LogP) is 1.57. The van der Waals surface area contributed by atoms with Crippen LogP contribution in [0.4, 0.5) is 0 Å². The SMILES string of the molecule is C(=C\c1ccno1)/c1cnc[nH]1. The largest absolute Gasteiger partial charge is 0.357 e. The summed E-state index contributed by atoms with van der Waals surface area (Å²) in [5, 5.41) is 3.57. The number of aromatic nitrogens is 3. The molecule has 0 fully saturated rings. The van der Waals surface area contributed by atoms with E-state index in [1.807, 2.05) is 12.2 Å². The van der Waals surface area contributed by atoms with Crippen LogP contribution in [-0.4, -0.2) is 15.1 Å². The van der Waals surface area contributed by atoms with E-state index in [1.54, 1.807) is 24.8 Å². The summed E-state index contributed by atoms with van der Waals surface area (Å²) in [5.74, 6) is 0.726. The smallest absolute Gasteiger partial charge is 0.159 e. The number of hydrogen-bond donors (Lipinski definition) is 1. The summed E-state index contributed by atoms with van der Waals surface area (Å²) in [7, 11) is 0. The molecule has 60 valence electrons. The van der Waals surface area contributed by atoms with E-state index in [9.17, 15) is 0 Å². The van der Waals surface area contributed by atoms with Crippen LogP contribution in [0.2, 0.25) is 0 Å². The molecule has 12 heavy (non-hydrogen) atoms. The molecule has 2 rings (SSSR count). The van der Waals surface area contributed by atoms with E-state index in [4.69, 9.17) is 4.52 Å². The van der Waals surface area contributed by atoms with Crippen molar-refractivity contribution >= 4 is 12.2 Å². The summed E-state index contributed by atoms with van der Waals surface area (Å²) in [6, 6.07) is 1.78. The van der Waals surface area contributed by atoms with Gasteiger partial charge in [-0.3, -0.25) is 0 Å². The van der Waals surface area contributed by atoms with Crippen molar-refractivity contribution in [3.05, 3.63) is 36.2 Å². The minimum absolute atomic E-state index is 0.726. The first-order valence-electron chi connectivity index (χ1n) is 3.52. The Bertz CT molecular complexity index is 311. The quantitative estimate of drug-likeness (QED) is 0.727. The number of nitrogens with zero attached hydrogens (tertiary/aromatic N) is 2. The van der Waals surface area contributed by atoms with E-state index in [-0.39, 0.29) is 0 Å². The van der Waals surface area contributed by atoms with Gasteiger partial charge in [-0.2, -0.15) is 0 Å². The molecular formula is C8H7N3O. The maximum atomic E-state index is 4.86. The van der Waals surface area contributed by atoms with Gasteiger partial charge in [0.2, 0.25) is 0 Å². The van der Waals surface area contributed by atoms with Gasteiger partial charge in [0.15, 0.2) is 5.76 Å². The highest BCUT2D eigenvalue weighted by Gasteiger charge is 1.89. The molecule has 0 atom stereocenters. The molecule has 1 N–H and O–H groups in total. The maximum Gasteiger partial charge on any atom is 0.159 e. The van der Waals surface area contributed by atoms with Crippen LogP contribution >= 0.6 is 0 Å². The van der Waals surface area contributed by atoms with Crippen LogP contribution < -0.4 is 0 Å². The van der Waals surface area contributed by atoms with E-state index >= 15 is 0 Å². The number of rotatable bonds is 2. The van der Waals surface area contributed by atoms with Crippen LogP contribution in [-0.2, 0) is 0 Å². The lowest BCUT2D eigenvalue weighted by atomic mass is 10.3. The summed E-state index contributed by atoms with van der Waals surface area (Å²) in [5.41, 5.74) is 0.936. The first-order valence-corrected chi connectivity index (χ1v) is 3.52. The van der Waals surface area contributed by atoms with Gasteiger partial charge in [0.25, 0.3) is 0 Å². The fraction of sp³-hybridized carbons (Fsp3) is 0. The van der Waals surface area contributed by atoms with Gasteiger partial charge in [0.1, 0.15) is 0 Å². The summed E-state index contributed by atoms with van der Waals surface area (Å²) in [6.07, 6.45) is 8.65. The molecule has 0 unspecified atom stereocenters. The average molecular weight is 161 g/mol. The van der Waals surface area contributed by atoms with Crippen LogP contribution in [0, 0.1) is 0 Å². The van der Waals surface area contributed by atoms with Gasteiger partial charge in [-0.1, -0.05) is 5.16 Å². The summed E-state index contributed by atoms with van der Waals surface area (Å²) < 4.78 is 4.86. The van der Waals surface area contributed by atoms with E-state index in [2.05, 4.69) is 15.1 Å². The Kier molecular flexibility index (Phi) is 1.74. The molecule has 2 heterocycles. The summed E-state index contributed by atoms with van der Waals surface area (Å²) >= 11 is 0. The lowest BCUT2D eigenvalue weighted by Crippen LogP contribution is -1.66. The van der Waals surface area contributed by atoms with Gasteiger partial charge in [-0.05, 0) is 12.2 Å². The molecule has 0 aliphatic heterocycles. The Morgan fingerprint density at radius 2 is 2.42 bits per heavy atom. The Labute approximate surface area is 68.9 Å². The third-order valence-electron chi connectivity index (χ3n) is 1.40. The molecule has 0 bridgehead atoms. The topological polar surface area (TPSA) is 54.7 Å². The highest BCUT2D eigenvalue weighted by molar-refractivity contribution is 5.64. The highest BCUT2D eigenvalue weighted by Crippen LogP contribution is 2.03. The predicted molar refractivity (Wildman–Crippen MR) is 44.0 cm³/mol. The van der Waals surface area contributed by atoms with Crippen molar-refractivity contribution in [2.24, 2.45) is 0 Å². The minimum atomic E-state index is 0.726. The van der Waals surface area contributed by atoms with Crippen molar-refractivity contribution in [2.45, 2.75) is 0 Å². The molecule has 0 radical (unpaired) electrons. The third-order valence-corrected chi connectivity index (χ3v) is 1.40. The fourth-order valence-electron chi connectivity index (χ4n) is 0.841. The zero-order valence-electron chi connectivity index (χ0n) is 6.27. The van der Waals surface area contributed by atoms with Crippen LogP contribution in [0.15, 0.2) is 29.3 Å². The molecule has 0 aliphatic rings. The van der Waals surface area contributed by atoms with Gasteiger partial charge in [0.05, 0.1) is 24.4 Å². The fourth-order valence-corrected chi connectivity index (χ4v) is 0.841. The minimum Gasteiger partial charge on any atom is -0.357 e. The van der Waals surface area contributed by atoms with Gasteiger partial charge in [-0.15, -0.1) is 0 Å². The van der Waals surface area contributed by atoms with Crippen molar-refractivity contribution < 1.29 is 4.52 Å². The normalized spacial score (nSPS) is 11.0. The van der Waals surface area contributed by atoms with E-state index in [1.165, 1.54) is 0 Å². The van der Waals surface area contributed by atoms with Crippen LogP contribution in [0.5, 0.6) is 0 Å². The maximum absolute atomic E-state index is 4.86. The summed E-state index contributed by atoms with van der Waals surface area (Å²) in [4.78, 5) is 6.81. The highest BCUT2D eigenvalue weighted by atomic mass is 16.5. The van der Waals surface area contributed by atoms with Gasteiger partial charge in [-0.25, -0.2) is 4.98 Å². The van der Waals surface area contributed by atoms with E-state index < -0.39 is 0 Å². The molecule has 0 saturated heterocycles. The van der Waals surface area contributed by atoms with Crippen molar-refractivity contribution in [1.82, 2.24) is 15.1 Å². The molecule has 4 heteroatoms. The molecule has 0 aliphatic carbocycles. The first kappa shape index (κ1) is 6.84. The number of H-pyrrole nitrogens is 1. The molecular weight excluding hydrogens is 154 g/mol. The second-order valence-electron chi connectivity index (χ2n) is 2.26. The number of imidazole rings is 1. The third kappa shape index (κ3) is 1.42. The van der Waals surface area contributed by atoms with Crippen molar-refractivity contribution in [2.75, 3.05) is 0 Å². The van der Waals surface area contributed by atoms with Crippen molar-refractivity contribution in [3.63, 3.8) is 0 Å². The molecule has 2 aromatic rings. The lowest BCUT2D eigenvalue weighted by Gasteiger charge is -1.81. The van der Waals surface area contributed by atoms with Gasteiger partial charge >= 0.3 is 0 Å². The number of hydrogen-bond acceptors (Lipinski definition) is 3. The second kappa shape index (κ2) is 3.04. The lowest BCUT2D eigenvalue weighted by molar-refractivity contribution is 0.413. The van der Waals surface area contributed by atoms with Crippen molar-refractivity contribution in [1.29, 1.82) is 0 Å². The van der Waals surface area contributed by atoms with E-state index in [0.29, 0.717) is 0 Å². The molecule has 0 saturated carbocycles. The van der Waals surface area contributed by atoms with Crippen LogP contribution in [0.3, 0.4) is 0 Å². The monoisotopic (exact) mass is 161 g/mol. The number of nitrogens with one attached hydrogen (secondary N) is 1. The van der Waals surface area contributed by atoms with Gasteiger partial charge in [0, 0.05) is 6.07 Å². The average Bonchev–Trinajstić information content (AvgIpc) is 2.74. The molecule has 4 nitrogen and oxygen atoms in total. The molecule has 0 spiro atoms.